The molecule has 14 heteroatoms. The SMILES string of the molecule is [B]Cc1ccc(O)c(C(=O)OC(CS(=O)(=O)O)(C(F)(F)F)C(F)(F)F)c1. The minimum Gasteiger partial charge on any atom is -0.507 e. The molecule has 0 aliphatic rings. The molecule has 26 heavy (non-hydrogen) atoms. The predicted molar refractivity (Wildman–Crippen MR) is 74.2 cm³/mol. The fourth-order valence-electron chi connectivity index (χ4n) is 1.81. The summed E-state index contributed by atoms with van der Waals surface area (Å²) in [6.45, 7) is 0. The van der Waals surface area contributed by atoms with Crippen molar-refractivity contribution < 1.29 is 54.0 Å². The summed E-state index contributed by atoms with van der Waals surface area (Å²) >= 11 is 0. The van der Waals surface area contributed by atoms with Gasteiger partial charge in [-0.3, -0.25) is 4.55 Å². The molecule has 0 atom stereocenters. The number of carbonyl (C=O) groups excluding carboxylic acids is 1. The highest BCUT2D eigenvalue weighted by molar-refractivity contribution is 7.85. The molecule has 0 saturated heterocycles. The first-order valence-corrected chi connectivity index (χ1v) is 7.99. The van der Waals surface area contributed by atoms with Crippen LogP contribution in [0.1, 0.15) is 15.9 Å². The molecule has 0 spiro atoms. The minimum absolute atomic E-state index is 0.0501. The lowest BCUT2D eigenvalue weighted by Gasteiger charge is -2.35. The highest BCUT2D eigenvalue weighted by Crippen LogP contribution is 2.47. The van der Waals surface area contributed by atoms with Gasteiger partial charge < -0.3 is 9.84 Å². The summed E-state index contributed by atoms with van der Waals surface area (Å²) in [5, 5.41) is 9.46. The lowest BCUT2D eigenvalue weighted by atomic mass is 9.95. The molecule has 1 aromatic rings. The molecule has 1 aromatic carbocycles. The smallest absolute Gasteiger partial charge is 0.438 e. The number of benzene rings is 1. The van der Waals surface area contributed by atoms with Crippen LogP contribution < -0.4 is 0 Å². The number of hydrogen-bond acceptors (Lipinski definition) is 5. The Bertz CT molecular complexity index is 774. The average molecular weight is 406 g/mol. The molecule has 0 amide bonds. The van der Waals surface area contributed by atoms with Crippen LogP contribution in [0.15, 0.2) is 18.2 Å². The molecule has 0 fully saturated rings. The summed E-state index contributed by atoms with van der Waals surface area (Å²) in [5.41, 5.74) is -6.62. The Morgan fingerprint density at radius 2 is 1.62 bits per heavy atom. The summed E-state index contributed by atoms with van der Waals surface area (Å²) in [6.07, 6.45) is -13.2. The number of phenolic OH excluding ortho intramolecular Hbond substituents is 1. The Labute approximate surface area is 143 Å². The second-order valence-electron chi connectivity index (χ2n) is 4.99. The van der Waals surface area contributed by atoms with Crippen LogP contribution in [0.25, 0.3) is 0 Å². The zero-order valence-electron chi connectivity index (χ0n) is 12.4. The van der Waals surface area contributed by atoms with Crippen molar-refractivity contribution in [3.63, 3.8) is 0 Å². The largest absolute Gasteiger partial charge is 0.507 e. The maximum absolute atomic E-state index is 13.1. The number of rotatable bonds is 5. The molecular weight excluding hydrogens is 397 g/mol. The third kappa shape index (κ3) is 4.61. The lowest BCUT2D eigenvalue weighted by Crippen LogP contribution is -2.63. The lowest BCUT2D eigenvalue weighted by molar-refractivity contribution is -0.356. The number of phenols is 1. The maximum Gasteiger partial charge on any atom is 0.438 e. The van der Waals surface area contributed by atoms with Crippen molar-refractivity contribution in [1.29, 1.82) is 0 Å². The summed E-state index contributed by atoms with van der Waals surface area (Å²) < 4.78 is 112. The third-order valence-electron chi connectivity index (χ3n) is 3.08. The Morgan fingerprint density at radius 1 is 1.12 bits per heavy atom. The first-order chi connectivity index (χ1) is 11.5. The molecule has 0 unspecified atom stereocenters. The number of halogens is 6. The summed E-state index contributed by atoms with van der Waals surface area (Å²) in [5.74, 6) is -6.37. The van der Waals surface area contributed by atoms with E-state index >= 15 is 0 Å². The average Bonchev–Trinajstić information content (AvgIpc) is 2.43. The van der Waals surface area contributed by atoms with Gasteiger partial charge in [-0.05, 0) is 12.1 Å². The van der Waals surface area contributed by atoms with Crippen molar-refractivity contribution in [1.82, 2.24) is 0 Å². The highest BCUT2D eigenvalue weighted by atomic mass is 32.2. The molecule has 0 heterocycles. The highest BCUT2D eigenvalue weighted by Gasteiger charge is 2.76. The summed E-state index contributed by atoms with van der Waals surface area (Å²) in [4.78, 5) is 11.8. The van der Waals surface area contributed by atoms with Crippen LogP contribution in [0.2, 0.25) is 0 Å². The molecule has 0 saturated carbocycles. The predicted octanol–water partition coefficient (Wildman–Crippen LogP) is 1.97. The van der Waals surface area contributed by atoms with Crippen molar-refractivity contribution >= 4 is 23.9 Å². The van der Waals surface area contributed by atoms with Gasteiger partial charge in [-0.25, -0.2) is 4.79 Å². The Kier molecular flexibility index (Phi) is 5.93. The van der Waals surface area contributed by atoms with Gasteiger partial charge in [0.15, 0.2) is 0 Å². The van der Waals surface area contributed by atoms with Crippen LogP contribution in [0.3, 0.4) is 0 Å². The van der Waals surface area contributed by atoms with Gasteiger partial charge in [-0.15, -0.1) is 0 Å². The summed E-state index contributed by atoms with van der Waals surface area (Å²) in [7, 11) is -0.687. The van der Waals surface area contributed by atoms with Gasteiger partial charge in [0.2, 0.25) is 0 Å². The molecule has 1 rings (SSSR count). The number of carbonyl (C=O) groups is 1. The van der Waals surface area contributed by atoms with Crippen molar-refractivity contribution in [2.24, 2.45) is 0 Å². The van der Waals surface area contributed by atoms with E-state index in [0.717, 1.165) is 12.1 Å². The van der Waals surface area contributed by atoms with E-state index < -0.39 is 51.1 Å². The Hall–Kier alpha value is -1.96. The molecule has 6 nitrogen and oxygen atoms in total. The van der Waals surface area contributed by atoms with E-state index in [-0.39, 0.29) is 11.9 Å². The van der Waals surface area contributed by atoms with E-state index in [1.54, 1.807) is 0 Å². The second kappa shape index (κ2) is 6.98. The van der Waals surface area contributed by atoms with Crippen molar-refractivity contribution in [3.8, 4) is 5.75 Å². The maximum atomic E-state index is 13.1. The molecular formula is C12H9BF6O6S. The van der Waals surface area contributed by atoms with Crippen molar-refractivity contribution in [2.75, 3.05) is 5.75 Å². The van der Waals surface area contributed by atoms with Gasteiger partial charge in [0, 0.05) is 0 Å². The third-order valence-corrected chi connectivity index (χ3v) is 3.86. The quantitative estimate of drug-likeness (QED) is 0.336. The van der Waals surface area contributed by atoms with Crippen LogP contribution in [-0.2, 0) is 21.2 Å². The van der Waals surface area contributed by atoms with Crippen LogP contribution in [-0.4, -0.2) is 55.6 Å². The van der Waals surface area contributed by atoms with Gasteiger partial charge in [-0.2, -0.15) is 34.8 Å². The van der Waals surface area contributed by atoms with Crippen LogP contribution in [0, 0.1) is 0 Å². The van der Waals surface area contributed by atoms with Gasteiger partial charge in [-0.1, -0.05) is 17.9 Å². The second-order valence-corrected chi connectivity index (χ2v) is 6.45. The number of aromatic hydroxyl groups is 1. The first-order valence-electron chi connectivity index (χ1n) is 6.38. The van der Waals surface area contributed by atoms with Crippen LogP contribution in [0.4, 0.5) is 26.3 Å². The van der Waals surface area contributed by atoms with E-state index in [1.807, 2.05) is 0 Å². The van der Waals surface area contributed by atoms with Crippen molar-refractivity contribution in [2.45, 2.75) is 24.3 Å². The monoisotopic (exact) mass is 406 g/mol. The van der Waals surface area contributed by atoms with E-state index in [1.165, 1.54) is 0 Å². The van der Waals surface area contributed by atoms with Gasteiger partial charge >= 0.3 is 23.9 Å². The first kappa shape index (κ1) is 22.1. The van der Waals surface area contributed by atoms with E-state index in [9.17, 15) is 44.7 Å². The molecule has 0 aliphatic carbocycles. The molecule has 0 aromatic heterocycles. The van der Waals surface area contributed by atoms with Gasteiger partial charge in [0.1, 0.15) is 17.1 Å². The summed E-state index contributed by atoms with van der Waals surface area (Å²) in [6, 6.07) is 2.57. The number of alkyl halides is 6. The molecule has 0 bridgehead atoms. The van der Waals surface area contributed by atoms with Crippen molar-refractivity contribution in [3.05, 3.63) is 29.3 Å². The fraction of sp³-hybridized carbons (Fsp3) is 0.417. The van der Waals surface area contributed by atoms with Crippen LogP contribution >= 0.6 is 0 Å². The standard InChI is InChI=1S/C12H9BF6O6S/c13-4-6-1-2-8(20)7(3-6)9(21)25-10(11(14,15)16,12(17,18)19)5-26(22,23)24/h1-3,20H,4-5H2,(H,22,23,24). The number of ether oxygens (including phenoxy) is 1. The fourth-order valence-corrected chi connectivity index (χ4v) is 2.71. The zero-order valence-corrected chi connectivity index (χ0v) is 13.2. The number of esters is 1. The molecule has 144 valence electrons. The van der Waals surface area contributed by atoms with Crippen LogP contribution in [0.5, 0.6) is 5.75 Å². The Balaban J connectivity index is 3.53. The van der Waals surface area contributed by atoms with Gasteiger partial charge in [0.05, 0.1) is 7.85 Å². The zero-order chi connectivity index (χ0) is 20.6. The molecule has 2 radical (unpaired) electrons. The minimum atomic E-state index is -6.46. The van der Waals surface area contributed by atoms with E-state index in [2.05, 4.69) is 4.74 Å². The Morgan fingerprint density at radius 3 is 2.00 bits per heavy atom. The van der Waals surface area contributed by atoms with Gasteiger partial charge in [0.25, 0.3) is 10.1 Å². The topological polar surface area (TPSA) is 101 Å². The van der Waals surface area contributed by atoms with E-state index in [4.69, 9.17) is 12.4 Å². The molecule has 0 aliphatic heterocycles. The van der Waals surface area contributed by atoms with E-state index in [0.29, 0.717) is 6.07 Å². The number of hydrogen-bond donors (Lipinski definition) is 2. The normalized spacial score (nSPS) is 13.5. The molecule has 2 N–H and O–H groups in total.